The third kappa shape index (κ3) is 3.00. The van der Waals surface area contributed by atoms with Crippen molar-refractivity contribution in [3.8, 4) is 0 Å². The molecule has 2 bridgehead atoms. The summed E-state index contributed by atoms with van der Waals surface area (Å²) in [5, 5.41) is 0. The predicted octanol–water partition coefficient (Wildman–Crippen LogP) is 2.35. The molecule has 5 nitrogen and oxygen atoms in total. The second-order valence-electron chi connectivity index (χ2n) is 5.40. The Labute approximate surface area is 117 Å². The van der Waals surface area contributed by atoms with Crippen LogP contribution in [0.2, 0.25) is 0 Å². The first kappa shape index (κ1) is 13.5. The lowest BCUT2D eigenvalue weighted by molar-refractivity contribution is -0.478. The van der Waals surface area contributed by atoms with Gasteiger partial charge in [0, 0.05) is 6.42 Å². The van der Waals surface area contributed by atoms with Gasteiger partial charge in [-0.1, -0.05) is 30.3 Å². The van der Waals surface area contributed by atoms with Crippen molar-refractivity contribution in [3.63, 3.8) is 0 Å². The van der Waals surface area contributed by atoms with Crippen molar-refractivity contribution in [3.05, 3.63) is 35.9 Å². The second-order valence-corrected chi connectivity index (χ2v) is 5.40. The van der Waals surface area contributed by atoms with Crippen molar-refractivity contribution in [2.45, 2.75) is 50.8 Å². The fourth-order valence-corrected chi connectivity index (χ4v) is 2.52. The van der Waals surface area contributed by atoms with Crippen LogP contribution in [-0.2, 0) is 30.7 Å². The molecule has 2 fully saturated rings. The van der Waals surface area contributed by atoms with Gasteiger partial charge in [-0.2, -0.15) is 0 Å². The Morgan fingerprint density at radius 1 is 1.40 bits per heavy atom. The highest BCUT2D eigenvalue weighted by atomic mass is 17.2. The Morgan fingerprint density at radius 2 is 2.20 bits per heavy atom. The topological polar surface area (TPSA) is 54.0 Å². The van der Waals surface area contributed by atoms with Crippen LogP contribution in [0.5, 0.6) is 0 Å². The molecule has 0 spiro atoms. The van der Waals surface area contributed by atoms with Crippen LogP contribution in [0.25, 0.3) is 0 Å². The molecule has 1 aromatic rings. The molecule has 20 heavy (non-hydrogen) atoms. The van der Waals surface area contributed by atoms with Crippen molar-refractivity contribution in [1.29, 1.82) is 0 Å². The van der Waals surface area contributed by atoms with E-state index in [2.05, 4.69) is 0 Å². The molecule has 3 rings (SSSR count). The molecule has 0 amide bonds. The van der Waals surface area contributed by atoms with Crippen LogP contribution in [0.15, 0.2) is 30.3 Å². The van der Waals surface area contributed by atoms with E-state index in [-0.39, 0.29) is 31.2 Å². The highest BCUT2D eigenvalue weighted by Crippen LogP contribution is 2.39. The molecule has 0 aliphatic carbocycles. The molecule has 0 saturated carbocycles. The summed E-state index contributed by atoms with van der Waals surface area (Å²) in [4.78, 5) is 22.3. The molecule has 1 aromatic carbocycles. The number of hydrogen-bond donors (Lipinski definition) is 0. The highest BCUT2D eigenvalue weighted by Gasteiger charge is 2.48. The van der Waals surface area contributed by atoms with Gasteiger partial charge in [0.1, 0.15) is 12.7 Å². The number of rotatable bonds is 4. The molecule has 2 saturated heterocycles. The Kier molecular flexibility index (Phi) is 3.74. The standard InChI is InChI=1S/C15H18O5/c1-15-8-7-12(18-15)13(19-20-15)9-14(16)17-10-11-5-3-2-4-6-11/h2-6,12-13H,7-10H2,1H3/t12-,13+,15-/m0/s1. The number of carbonyl (C=O) groups is 1. The Morgan fingerprint density at radius 3 is 3.00 bits per heavy atom. The molecule has 5 heteroatoms. The maximum Gasteiger partial charge on any atom is 0.308 e. The Bertz CT molecular complexity index is 474. The molecular formula is C15H18O5. The zero-order chi connectivity index (χ0) is 14.0. The molecular weight excluding hydrogens is 260 g/mol. The predicted molar refractivity (Wildman–Crippen MR) is 69.3 cm³/mol. The van der Waals surface area contributed by atoms with E-state index in [1.807, 2.05) is 37.3 Å². The van der Waals surface area contributed by atoms with Gasteiger partial charge < -0.3 is 9.47 Å². The van der Waals surface area contributed by atoms with E-state index >= 15 is 0 Å². The monoisotopic (exact) mass is 278 g/mol. The van der Waals surface area contributed by atoms with Gasteiger partial charge in [0.05, 0.1) is 12.5 Å². The normalized spacial score (nSPS) is 32.0. The molecule has 0 radical (unpaired) electrons. The summed E-state index contributed by atoms with van der Waals surface area (Å²) in [7, 11) is 0. The molecule has 3 atom stereocenters. The number of benzene rings is 1. The fourth-order valence-electron chi connectivity index (χ4n) is 2.52. The molecule has 108 valence electrons. The number of carbonyl (C=O) groups excluding carboxylic acids is 1. The molecule has 0 N–H and O–H groups in total. The van der Waals surface area contributed by atoms with Crippen LogP contribution in [-0.4, -0.2) is 24.0 Å². The summed E-state index contributed by atoms with van der Waals surface area (Å²) < 4.78 is 10.9. The van der Waals surface area contributed by atoms with Crippen molar-refractivity contribution < 1.29 is 24.0 Å². The van der Waals surface area contributed by atoms with Gasteiger partial charge in [0.25, 0.3) is 0 Å². The Balaban J connectivity index is 1.47. The van der Waals surface area contributed by atoms with Crippen LogP contribution >= 0.6 is 0 Å². The van der Waals surface area contributed by atoms with Gasteiger partial charge in [-0.3, -0.25) is 4.79 Å². The van der Waals surface area contributed by atoms with Crippen LogP contribution in [0.1, 0.15) is 31.7 Å². The minimum Gasteiger partial charge on any atom is -0.461 e. The number of fused-ring (bicyclic) bond motifs is 2. The maximum absolute atomic E-state index is 11.8. The Hall–Kier alpha value is -1.43. The molecule has 2 heterocycles. The molecule has 2 aliphatic heterocycles. The summed E-state index contributed by atoms with van der Waals surface area (Å²) in [5.74, 6) is -0.948. The minimum atomic E-state index is -0.644. The fraction of sp³-hybridized carbons (Fsp3) is 0.533. The summed E-state index contributed by atoms with van der Waals surface area (Å²) in [6, 6.07) is 9.58. The van der Waals surface area contributed by atoms with Crippen LogP contribution in [0.4, 0.5) is 0 Å². The average molecular weight is 278 g/mol. The lowest BCUT2D eigenvalue weighted by Crippen LogP contribution is -2.43. The van der Waals surface area contributed by atoms with E-state index in [1.54, 1.807) is 0 Å². The first-order valence-electron chi connectivity index (χ1n) is 6.86. The van der Waals surface area contributed by atoms with E-state index in [1.165, 1.54) is 0 Å². The highest BCUT2D eigenvalue weighted by molar-refractivity contribution is 5.70. The minimum absolute atomic E-state index is 0.0852. The smallest absolute Gasteiger partial charge is 0.308 e. The van der Waals surface area contributed by atoms with Crippen LogP contribution < -0.4 is 0 Å². The summed E-state index contributed by atoms with van der Waals surface area (Å²) >= 11 is 0. The summed E-state index contributed by atoms with van der Waals surface area (Å²) in [6.07, 6.45) is 1.31. The zero-order valence-corrected chi connectivity index (χ0v) is 11.4. The number of ether oxygens (including phenoxy) is 2. The number of hydrogen-bond acceptors (Lipinski definition) is 5. The van der Waals surface area contributed by atoms with E-state index in [9.17, 15) is 4.79 Å². The van der Waals surface area contributed by atoms with Gasteiger partial charge in [0.15, 0.2) is 5.79 Å². The SMILES string of the molecule is C[C@]12CC[C@H](O1)[C@@H](CC(=O)OCc1ccccc1)OO2. The second kappa shape index (κ2) is 5.52. The lowest BCUT2D eigenvalue weighted by atomic mass is 10.1. The quantitative estimate of drug-likeness (QED) is 0.625. The third-order valence-electron chi connectivity index (χ3n) is 3.66. The van der Waals surface area contributed by atoms with Gasteiger partial charge in [-0.25, -0.2) is 9.78 Å². The van der Waals surface area contributed by atoms with Gasteiger partial charge in [-0.15, -0.1) is 0 Å². The molecule has 2 aliphatic rings. The van der Waals surface area contributed by atoms with E-state index < -0.39 is 5.79 Å². The zero-order valence-electron chi connectivity index (χ0n) is 11.4. The van der Waals surface area contributed by atoms with Crippen molar-refractivity contribution >= 4 is 5.97 Å². The van der Waals surface area contributed by atoms with Crippen LogP contribution in [0, 0.1) is 0 Å². The van der Waals surface area contributed by atoms with E-state index in [0.717, 1.165) is 18.4 Å². The third-order valence-corrected chi connectivity index (χ3v) is 3.66. The van der Waals surface area contributed by atoms with Crippen molar-refractivity contribution in [1.82, 2.24) is 0 Å². The molecule has 0 aromatic heterocycles. The largest absolute Gasteiger partial charge is 0.461 e. The van der Waals surface area contributed by atoms with E-state index in [4.69, 9.17) is 19.2 Å². The lowest BCUT2D eigenvalue weighted by Gasteiger charge is -2.33. The summed E-state index contributed by atoms with van der Waals surface area (Å²) in [5.41, 5.74) is 0.964. The van der Waals surface area contributed by atoms with Gasteiger partial charge in [-0.05, 0) is 18.9 Å². The maximum atomic E-state index is 11.8. The summed E-state index contributed by atoms with van der Waals surface area (Å²) in [6.45, 7) is 2.12. The van der Waals surface area contributed by atoms with Gasteiger partial charge >= 0.3 is 5.97 Å². The first-order valence-corrected chi connectivity index (χ1v) is 6.86. The van der Waals surface area contributed by atoms with Gasteiger partial charge in [0.2, 0.25) is 0 Å². The van der Waals surface area contributed by atoms with Crippen molar-refractivity contribution in [2.75, 3.05) is 0 Å². The first-order chi connectivity index (χ1) is 9.65. The molecule has 0 unspecified atom stereocenters. The van der Waals surface area contributed by atoms with Crippen LogP contribution in [0.3, 0.4) is 0 Å². The number of esters is 1. The van der Waals surface area contributed by atoms with Crippen molar-refractivity contribution in [2.24, 2.45) is 0 Å². The van der Waals surface area contributed by atoms with E-state index in [0.29, 0.717) is 0 Å². The average Bonchev–Trinajstić information content (AvgIpc) is 2.78.